The minimum atomic E-state index is 0.0318. The van der Waals surface area contributed by atoms with Gasteiger partial charge in [0.05, 0.1) is 18.3 Å². The van der Waals surface area contributed by atoms with Crippen molar-refractivity contribution in [3.8, 4) is 0 Å². The van der Waals surface area contributed by atoms with E-state index in [1.807, 2.05) is 6.20 Å². The lowest BCUT2D eigenvalue weighted by Gasteiger charge is -2.38. The lowest BCUT2D eigenvalue weighted by molar-refractivity contribution is -0.138. The van der Waals surface area contributed by atoms with Gasteiger partial charge in [0, 0.05) is 39.9 Å². The Balaban J connectivity index is 1.45. The number of ether oxygens (including phenoxy) is 1. The quantitative estimate of drug-likeness (QED) is 0.778. The maximum Gasteiger partial charge on any atom is 0.248 e. The zero-order chi connectivity index (χ0) is 18.3. The molecule has 1 saturated heterocycles. The molecule has 2 heterocycles. The number of carbonyl (C=O) groups is 1. The van der Waals surface area contributed by atoms with Crippen LogP contribution in [0.25, 0.3) is 0 Å². The molecule has 1 aromatic rings. The van der Waals surface area contributed by atoms with Crippen molar-refractivity contribution in [2.75, 3.05) is 40.3 Å². The average molecular weight is 361 g/mol. The van der Waals surface area contributed by atoms with E-state index in [9.17, 15) is 4.79 Å². The van der Waals surface area contributed by atoms with Gasteiger partial charge in [0.2, 0.25) is 5.91 Å². The van der Waals surface area contributed by atoms with Crippen LogP contribution in [0.4, 0.5) is 0 Å². The summed E-state index contributed by atoms with van der Waals surface area (Å²) in [5.74, 6) is 2.41. The second-order valence-electron chi connectivity index (χ2n) is 8.86. The van der Waals surface area contributed by atoms with E-state index in [-0.39, 0.29) is 24.7 Å². The first kappa shape index (κ1) is 18.0. The number of rotatable bonds is 6. The largest absolute Gasteiger partial charge is 0.366 e. The molecule has 0 bridgehead atoms. The molecular formula is C20H32N4O2. The van der Waals surface area contributed by atoms with Crippen LogP contribution < -0.4 is 0 Å². The molecule has 0 spiro atoms. The van der Waals surface area contributed by atoms with Crippen molar-refractivity contribution < 1.29 is 9.53 Å². The molecule has 1 aromatic heterocycles. The Kier molecular flexibility index (Phi) is 5.06. The lowest BCUT2D eigenvalue weighted by Crippen LogP contribution is -2.40. The summed E-state index contributed by atoms with van der Waals surface area (Å²) in [5.41, 5.74) is 1.18. The van der Waals surface area contributed by atoms with Gasteiger partial charge in [-0.15, -0.1) is 0 Å². The first-order chi connectivity index (χ1) is 12.5. The number of hydrogen-bond acceptors (Lipinski definition) is 4. The smallest absolute Gasteiger partial charge is 0.248 e. The number of hydrogen-bond donors (Lipinski definition) is 0. The Hall–Kier alpha value is -1.40. The predicted octanol–water partition coefficient (Wildman–Crippen LogP) is 1.96. The highest BCUT2D eigenvalue weighted by molar-refractivity contribution is 5.76. The molecule has 0 aromatic carbocycles. The van der Waals surface area contributed by atoms with Gasteiger partial charge in [0.25, 0.3) is 0 Å². The Morgan fingerprint density at radius 3 is 2.62 bits per heavy atom. The van der Waals surface area contributed by atoms with Crippen molar-refractivity contribution in [2.24, 2.45) is 17.8 Å². The maximum absolute atomic E-state index is 12.0. The van der Waals surface area contributed by atoms with Crippen LogP contribution in [0.3, 0.4) is 0 Å². The van der Waals surface area contributed by atoms with Gasteiger partial charge in [-0.25, -0.2) is 0 Å². The SMILES string of the molecule is Cc1cnn([C@H]2C[C@H]3CN(CC4CC4)C[C@H]3C[C@@H]2OCC(=O)N(C)C)c1. The fraction of sp³-hybridized carbons (Fsp3) is 0.800. The number of nitrogens with zero attached hydrogens (tertiary/aromatic N) is 4. The highest BCUT2D eigenvalue weighted by atomic mass is 16.5. The molecule has 2 saturated carbocycles. The summed E-state index contributed by atoms with van der Waals surface area (Å²) < 4.78 is 8.23. The minimum Gasteiger partial charge on any atom is -0.366 e. The van der Waals surface area contributed by atoms with Crippen LogP contribution in [0.5, 0.6) is 0 Å². The third-order valence-electron chi connectivity index (χ3n) is 6.36. The summed E-state index contributed by atoms with van der Waals surface area (Å²) in [6.07, 6.45) is 9.08. The maximum atomic E-state index is 12.0. The first-order valence-corrected chi connectivity index (χ1v) is 10.0. The molecule has 144 valence electrons. The van der Waals surface area contributed by atoms with Crippen LogP contribution in [-0.2, 0) is 9.53 Å². The summed E-state index contributed by atoms with van der Waals surface area (Å²) in [6.45, 7) is 5.95. The average Bonchev–Trinajstić information content (AvgIpc) is 3.16. The van der Waals surface area contributed by atoms with Gasteiger partial charge >= 0.3 is 0 Å². The lowest BCUT2D eigenvalue weighted by atomic mass is 9.77. The molecule has 1 amide bonds. The first-order valence-electron chi connectivity index (χ1n) is 10.0. The summed E-state index contributed by atoms with van der Waals surface area (Å²) in [4.78, 5) is 16.3. The van der Waals surface area contributed by atoms with E-state index < -0.39 is 0 Å². The van der Waals surface area contributed by atoms with E-state index in [1.54, 1.807) is 19.0 Å². The topological polar surface area (TPSA) is 50.6 Å². The molecule has 3 fully saturated rings. The molecule has 0 N–H and O–H groups in total. The molecule has 2 aliphatic carbocycles. The second-order valence-corrected chi connectivity index (χ2v) is 8.86. The zero-order valence-electron chi connectivity index (χ0n) is 16.3. The van der Waals surface area contributed by atoms with Gasteiger partial charge < -0.3 is 14.5 Å². The van der Waals surface area contributed by atoms with Crippen LogP contribution in [0.2, 0.25) is 0 Å². The van der Waals surface area contributed by atoms with Crippen molar-refractivity contribution in [3.63, 3.8) is 0 Å². The molecule has 4 atom stereocenters. The number of aromatic nitrogens is 2. The number of amides is 1. The Morgan fingerprint density at radius 2 is 2.00 bits per heavy atom. The summed E-state index contributed by atoms with van der Waals surface area (Å²) in [6, 6.07) is 0.237. The number of likely N-dealkylation sites (N-methyl/N-ethyl adjacent to an activating group) is 1. The molecule has 6 heteroatoms. The van der Waals surface area contributed by atoms with Crippen molar-refractivity contribution in [1.29, 1.82) is 0 Å². The summed E-state index contributed by atoms with van der Waals surface area (Å²) in [5, 5.41) is 4.57. The number of likely N-dealkylation sites (tertiary alicyclic amines) is 1. The van der Waals surface area contributed by atoms with Gasteiger partial charge in [-0.1, -0.05) is 0 Å². The Labute approximate surface area is 156 Å². The van der Waals surface area contributed by atoms with Crippen molar-refractivity contribution in [2.45, 2.75) is 44.8 Å². The highest BCUT2D eigenvalue weighted by Crippen LogP contribution is 2.43. The summed E-state index contributed by atoms with van der Waals surface area (Å²) in [7, 11) is 3.56. The molecule has 3 aliphatic rings. The van der Waals surface area contributed by atoms with Gasteiger partial charge in [0.1, 0.15) is 6.61 Å². The number of fused-ring (bicyclic) bond motifs is 1. The number of aryl methyl sites for hydroxylation is 1. The second kappa shape index (κ2) is 7.31. The van der Waals surface area contributed by atoms with E-state index in [4.69, 9.17) is 4.74 Å². The number of carbonyl (C=O) groups excluding carboxylic acids is 1. The molecule has 26 heavy (non-hydrogen) atoms. The zero-order valence-corrected chi connectivity index (χ0v) is 16.3. The standard InChI is InChI=1S/C20H32N4O2/c1-14-8-21-24(9-14)18-6-16-11-23(10-15-4-5-15)12-17(16)7-19(18)26-13-20(25)22(2)3/h8-9,15-19H,4-7,10-13H2,1-3H3/t16-,17+,18-,19-/m0/s1. The van der Waals surface area contributed by atoms with Crippen molar-refractivity contribution >= 4 is 5.91 Å². The third kappa shape index (κ3) is 3.96. The minimum absolute atomic E-state index is 0.0318. The van der Waals surface area contributed by atoms with E-state index in [1.165, 1.54) is 38.0 Å². The fourth-order valence-corrected chi connectivity index (χ4v) is 4.68. The van der Waals surface area contributed by atoms with E-state index in [0.717, 1.165) is 24.7 Å². The van der Waals surface area contributed by atoms with Gasteiger partial charge in [-0.2, -0.15) is 5.10 Å². The third-order valence-corrected chi connectivity index (χ3v) is 6.36. The van der Waals surface area contributed by atoms with E-state index in [0.29, 0.717) is 5.92 Å². The molecule has 6 nitrogen and oxygen atoms in total. The predicted molar refractivity (Wildman–Crippen MR) is 99.8 cm³/mol. The molecule has 4 rings (SSSR count). The molecule has 0 unspecified atom stereocenters. The van der Waals surface area contributed by atoms with Gasteiger partial charge in [-0.3, -0.25) is 9.48 Å². The van der Waals surface area contributed by atoms with Crippen LogP contribution in [0, 0.1) is 24.7 Å². The van der Waals surface area contributed by atoms with Crippen molar-refractivity contribution in [3.05, 3.63) is 18.0 Å². The monoisotopic (exact) mass is 360 g/mol. The van der Waals surface area contributed by atoms with Crippen molar-refractivity contribution in [1.82, 2.24) is 19.6 Å². The van der Waals surface area contributed by atoms with E-state index >= 15 is 0 Å². The van der Waals surface area contributed by atoms with Crippen LogP contribution in [0.1, 0.15) is 37.3 Å². The van der Waals surface area contributed by atoms with Crippen LogP contribution in [-0.4, -0.2) is 71.9 Å². The highest BCUT2D eigenvalue weighted by Gasteiger charge is 2.44. The van der Waals surface area contributed by atoms with Crippen LogP contribution in [0.15, 0.2) is 12.4 Å². The fourth-order valence-electron chi connectivity index (χ4n) is 4.68. The molecule has 0 radical (unpaired) electrons. The molecular weight excluding hydrogens is 328 g/mol. The van der Waals surface area contributed by atoms with Gasteiger partial charge in [0.15, 0.2) is 0 Å². The molecule has 1 aliphatic heterocycles. The summed E-state index contributed by atoms with van der Waals surface area (Å²) >= 11 is 0. The normalized spacial score (nSPS) is 31.8. The van der Waals surface area contributed by atoms with E-state index in [2.05, 4.69) is 27.8 Å². The van der Waals surface area contributed by atoms with Gasteiger partial charge in [-0.05, 0) is 55.9 Å². The Morgan fingerprint density at radius 1 is 1.27 bits per heavy atom. The Bertz CT molecular complexity index is 640. The van der Waals surface area contributed by atoms with Crippen LogP contribution >= 0.6 is 0 Å².